The molecule has 1 aliphatic heterocycles. The molecule has 0 radical (unpaired) electrons. The van der Waals surface area contributed by atoms with Gasteiger partial charge in [0.15, 0.2) is 0 Å². The maximum Gasteiger partial charge on any atom is 0.0107 e. The van der Waals surface area contributed by atoms with Gasteiger partial charge in [0.1, 0.15) is 0 Å². The van der Waals surface area contributed by atoms with E-state index < -0.39 is 0 Å². The van der Waals surface area contributed by atoms with Crippen LogP contribution in [-0.4, -0.2) is 19.1 Å². The quantitative estimate of drug-likeness (QED) is 0.710. The molecule has 3 N–H and O–H groups in total. The van der Waals surface area contributed by atoms with Crippen molar-refractivity contribution in [2.75, 3.05) is 13.1 Å². The maximum atomic E-state index is 5.91. The third kappa shape index (κ3) is 4.52. The van der Waals surface area contributed by atoms with Crippen LogP contribution >= 0.6 is 0 Å². The van der Waals surface area contributed by atoms with Crippen molar-refractivity contribution in [1.82, 2.24) is 5.32 Å². The Labute approximate surface area is 95.0 Å². The number of piperidine rings is 1. The molecule has 2 heteroatoms. The molecule has 90 valence electrons. The van der Waals surface area contributed by atoms with Crippen molar-refractivity contribution < 1.29 is 0 Å². The Balaban J connectivity index is 2.32. The molecular weight excluding hydrogens is 184 g/mol. The van der Waals surface area contributed by atoms with Gasteiger partial charge in [-0.15, -0.1) is 0 Å². The van der Waals surface area contributed by atoms with Crippen LogP contribution in [-0.2, 0) is 0 Å². The topological polar surface area (TPSA) is 38.0 Å². The predicted molar refractivity (Wildman–Crippen MR) is 66.9 cm³/mol. The lowest BCUT2D eigenvalue weighted by Crippen LogP contribution is -2.43. The van der Waals surface area contributed by atoms with Crippen molar-refractivity contribution in [2.24, 2.45) is 17.6 Å². The van der Waals surface area contributed by atoms with Gasteiger partial charge in [0.2, 0.25) is 0 Å². The highest BCUT2D eigenvalue weighted by molar-refractivity contribution is 4.81. The average molecular weight is 212 g/mol. The lowest BCUT2D eigenvalue weighted by Gasteiger charge is -2.32. The van der Waals surface area contributed by atoms with Gasteiger partial charge in [-0.2, -0.15) is 0 Å². The van der Waals surface area contributed by atoms with Crippen LogP contribution in [0.5, 0.6) is 0 Å². The molecule has 1 saturated heterocycles. The molecule has 3 atom stereocenters. The van der Waals surface area contributed by atoms with E-state index in [4.69, 9.17) is 5.73 Å². The smallest absolute Gasteiger partial charge is 0.0107 e. The Morgan fingerprint density at radius 2 is 2.20 bits per heavy atom. The summed E-state index contributed by atoms with van der Waals surface area (Å²) >= 11 is 0. The van der Waals surface area contributed by atoms with Crippen LogP contribution in [0.3, 0.4) is 0 Å². The Morgan fingerprint density at radius 3 is 2.73 bits per heavy atom. The Hall–Kier alpha value is -0.0800. The average Bonchev–Trinajstić information content (AvgIpc) is 2.27. The largest absolute Gasteiger partial charge is 0.330 e. The van der Waals surface area contributed by atoms with Gasteiger partial charge in [0.25, 0.3) is 0 Å². The van der Waals surface area contributed by atoms with Crippen LogP contribution in [0.2, 0.25) is 0 Å². The van der Waals surface area contributed by atoms with E-state index >= 15 is 0 Å². The lowest BCUT2D eigenvalue weighted by molar-refractivity contribution is 0.254. The summed E-state index contributed by atoms with van der Waals surface area (Å²) in [6.45, 7) is 6.69. The third-order valence-electron chi connectivity index (χ3n) is 3.71. The minimum Gasteiger partial charge on any atom is -0.330 e. The van der Waals surface area contributed by atoms with E-state index in [1.807, 2.05) is 0 Å². The predicted octanol–water partition coefficient (Wildman–Crippen LogP) is 2.53. The van der Waals surface area contributed by atoms with Crippen molar-refractivity contribution in [3.05, 3.63) is 0 Å². The van der Waals surface area contributed by atoms with Crippen molar-refractivity contribution in [3.8, 4) is 0 Å². The van der Waals surface area contributed by atoms with Crippen LogP contribution in [0.4, 0.5) is 0 Å². The van der Waals surface area contributed by atoms with Crippen LogP contribution in [0, 0.1) is 11.8 Å². The molecule has 1 aliphatic rings. The lowest BCUT2D eigenvalue weighted by atomic mass is 9.84. The summed E-state index contributed by atoms with van der Waals surface area (Å²) < 4.78 is 0. The Morgan fingerprint density at radius 1 is 1.40 bits per heavy atom. The first kappa shape index (κ1) is 13.0. The summed E-state index contributed by atoms with van der Waals surface area (Å²) in [6, 6.07) is 0.697. The first-order chi connectivity index (χ1) is 7.27. The van der Waals surface area contributed by atoms with Crippen LogP contribution in [0.15, 0.2) is 0 Å². The zero-order chi connectivity index (χ0) is 11.1. The fourth-order valence-corrected chi connectivity index (χ4v) is 2.83. The van der Waals surface area contributed by atoms with Gasteiger partial charge in [-0.3, -0.25) is 0 Å². The van der Waals surface area contributed by atoms with E-state index in [-0.39, 0.29) is 0 Å². The highest BCUT2D eigenvalue weighted by Crippen LogP contribution is 2.23. The molecule has 0 aliphatic carbocycles. The van der Waals surface area contributed by atoms with Crippen molar-refractivity contribution in [3.63, 3.8) is 0 Å². The van der Waals surface area contributed by atoms with E-state index in [1.165, 1.54) is 45.1 Å². The molecule has 1 heterocycles. The van der Waals surface area contributed by atoms with Gasteiger partial charge < -0.3 is 11.1 Å². The number of nitrogens with two attached hydrogens (primary N) is 1. The summed E-state index contributed by atoms with van der Waals surface area (Å²) in [5.41, 5.74) is 5.91. The molecule has 0 aromatic heterocycles. The summed E-state index contributed by atoms with van der Waals surface area (Å²) in [7, 11) is 0. The summed E-state index contributed by atoms with van der Waals surface area (Å²) in [6.07, 6.45) is 8.02. The van der Waals surface area contributed by atoms with Crippen molar-refractivity contribution >= 4 is 0 Å². The molecular formula is C13H28N2. The highest BCUT2D eigenvalue weighted by Gasteiger charge is 2.23. The van der Waals surface area contributed by atoms with Crippen LogP contribution in [0.25, 0.3) is 0 Å². The van der Waals surface area contributed by atoms with E-state index in [9.17, 15) is 0 Å². The molecule has 0 saturated carbocycles. The molecule has 0 unspecified atom stereocenters. The molecule has 0 aromatic carbocycles. The summed E-state index contributed by atoms with van der Waals surface area (Å²) in [4.78, 5) is 0. The standard InChI is InChI=1S/C13H28N2/c1-3-6-11(2)9-12(10-14)13-7-4-5-8-15-13/h11-13,15H,3-10,14H2,1-2H3/t11-,12-,13-/m0/s1. The highest BCUT2D eigenvalue weighted by atomic mass is 14.9. The molecule has 1 fully saturated rings. The first-order valence-electron chi connectivity index (χ1n) is 6.71. The normalized spacial score (nSPS) is 26.2. The number of hydrogen-bond acceptors (Lipinski definition) is 2. The second-order valence-corrected chi connectivity index (χ2v) is 5.18. The van der Waals surface area contributed by atoms with Crippen molar-refractivity contribution in [2.45, 2.75) is 58.4 Å². The SMILES string of the molecule is CCC[C@H](C)C[C@@H](CN)[C@@H]1CCCCN1. The Bertz CT molecular complexity index is 153. The second-order valence-electron chi connectivity index (χ2n) is 5.18. The second kappa shape index (κ2) is 7.24. The third-order valence-corrected chi connectivity index (χ3v) is 3.71. The molecule has 0 amide bonds. The fraction of sp³-hybridized carbons (Fsp3) is 1.00. The van der Waals surface area contributed by atoms with E-state index in [0.29, 0.717) is 12.0 Å². The van der Waals surface area contributed by atoms with Gasteiger partial charge in [-0.1, -0.05) is 33.1 Å². The Kier molecular flexibility index (Phi) is 6.26. The van der Waals surface area contributed by atoms with Gasteiger partial charge in [0.05, 0.1) is 0 Å². The van der Waals surface area contributed by atoms with E-state index in [0.717, 1.165) is 12.5 Å². The van der Waals surface area contributed by atoms with E-state index in [2.05, 4.69) is 19.2 Å². The molecule has 15 heavy (non-hydrogen) atoms. The van der Waals surface area contributed by atoms with Gasteiger partial charge in [-0.05, 0) is 44.2 Å². The van der Waals surface area contributed by atoms with Crippen LogP contribution < -0.4 is 11.1 Å². The van der Waals surface area contributed by atoms with Gasteiger partial charge in [-0.25, -0.2) is 0 Å². The van der Waals surface area contributed by atoms with Crippen molar-refractivity contribution in [1.29, 1.82) is 0 Å². The molecule has 0 bridgehead atoms. The number of nitrogens with one attached hydrogen (secondary N) is 1. The molecule has 0 spiro atoms. The van der Waals surface area contributed by atoms with Gasteiger partial charge in [0, 0.05) is 6.04 Å². The fourth-order valence-electron chi connectivity index (χ4n) is 2.83. The zero-order valence-electron chi connectivity index (χ0n) is 10.5. The number of rotatable bonds is 6. The zero-order valence-corrected chi connectivity index (χ0v) is 10.5. The van der Waals surface area contributed by atoms with Crippen LogP contribution in [0.1, 0.15) is 52.4 Å². The first-order valence-corrected chi connectivity index (χ1v) is 6.71. The maximum absolute atomic E-state index is 5.91. The molecule has 2 nitrogen and oxygen atoms in total. The minimum absolute atomic E-state index is 0.697. The van der Waals surface area contributed by atoms with Gasteiger partial charge >= 0.3 is 0 Å². The molecule has 0 aromatic rings. The number of hydrogen-bond donors (Lipinski definition) is 2. The summed E-state index contributed by atoms with van der Waals surface area (Å²) in [5, 5.41) is 3.64. The minimum atomic E-state index is 0.697. The molecule has 1 rings (SSSR count). The summed E-state index contributed by atoms with van der Waals surface area (Å²) in [5.74, 6) is 1.54. The van der Waals surface area contributed by atoms with E-state index in [1.54, 1.807) is 0 Å². The monoisotopic (exact) mass is 212 g/mol.